The van der Waals surface area contributed by atoms with Crippen molar-refractivity contribution < 1.29 is 0 Å². The predicted molar refractivity (Wildman–Crippen MR) is 70.1 cm³/mol. The van der Waals surface area contributed by atoms with E-state index in [0.29, 0.717) is 0 Å². The van der Waals surface area contributed by atoms with Crippen molar-refractivity contribution in [1.82, 2.24) is 15.0 Å². The van der Waals surface area contributed by atoms with Gasteiger partial charge in [-0.3, -0.25) is 4.98 Å². The molecule has 1 N–H and O–H groups in total. The van der Waals surface area contributed by atoms with E-state index in [9.17, 15) is 0 Å². The van der Waals surface area contributed by atoms with Crippen LogP contribution in [0.15, 0.2) is 35.7 Å². The van der Waals surface area contributed by atoms with Crippen LogP contribution >= 0.6 is 11.8 Å². The van der Waals surface area contributed by atoms with Crippen molar-refractivity contribution in [3.05, 3.63) is 42.0 Å². The van der Waals surface area contributed by atoms with Crippen molar-refractivity contribution in [1.29, 1.82) is 0 Å². The molecule has 5 heteroatoms. The fourth-order valence-electron chi connectivity index (χ4n) is 1.34. The van der Waals surface area contributed by atoms with Gasteiger partial charge in [0.05, 0.1) is 0 Å². The average Bonchev–Trinajstić information content (AvgIpc) is 2.38. The van der Waals surface area contributed by atoms with Crippen LogP contribution in [0.25, 0.3) is 0 Å². The number of nitrogens with one attached hydrogen (secondary N) is 1. The second-order valence-electron chi connectivity index (χ2n) is 3.61. The normalized spacial score (nSPS) is 10.2. The van der Waals surface area contributed by atoms with E-state index in [1.807, 2.05) is 31.5 Å². The maximum atomic E-state index is 4.25. The molecule has 0 fully saturated rings. The summed E-state index contributed by atoms with van der Waals surface area (Å²) in [6.45, 7) is 2.70. The second-order valence-corrected chi connectivity index (χ2v) is 4.43. The zero-order valence-electron chi connectivity index (χ0n) is 9.84. The van der Waals surface area contributed by atoms with Crippen molar-refractivity contribution in [3.63, 3.8) is 0 Å². The summed E-state index contributed by atoms with van der Waals surface area (Å²) in [7, 11) is 0. The second kappa shape index (κ2) is 5.63. The predicted octanol–water partition coefficient (Wildman–Crippen LogP) is 2.51. The molecule has 0 aliphatic heterocycles. The first kappa shape index (κ1) is 11.9. The maximum absolute atomic E-state index is 4.25. The smallest absolute Gasteiger partial charge is 0.130 e. The van der Waals surface area contributed by atoms with E-state index >= 15 is 0 Å². The standard InChI is InChI=1S/C12H14N4S/c1-9-3-4-10(6-13-9)7-14-11-5-12(17-2)16-8-15-11/h3-6,8H,7H2,1-2H3,(H,14,15,16). The topological polar surface area (TPSA) is 50.7 Å². The fourth-order valence-corrected chi connectivity index (χ4v) is 1.73. The number of nitrogens with zero attached hydrogens (tertiary/aromatic N) is 3. The third-order valence-electron chi connectivity index (χ3n) is 2.30. The van der Waals surface area contributed by atoms with E-state index < -0.39 is 0 Å². The monoisotopic (exact) mass is 246 g/mol. The molecule has 2 rings (SSSR count). The van der Waals surface area contributed by atoms with Crippen LogP contribution in [0.4, 0.5) is 5.82 Å². The quantitative estimate of drug-likeness (QED) is 0.663. The highest BCUT2D eigenvalue weighted by atomic mass is 32.2. The number of aryl methyl sites for hydroxylation is 1. The van der Waals surface area contributed by atoms with Crippen molar-refractivity contribution in [2.45, 2.75) is 18.5 Å². The maximum Gasteiger partial charge on any atom is 0.130 e. The van der Waals surface area contributed by atoms with Gasteiger partial charge in [0, 0.05) is 24.5 Å². The summed E-state index contributed by atoms with van der Waals surface area (Å²) in [5, 5.41) is 4.21. The minimum absolute atomic E-state index is 0.720. The van der Waals surface area contributed by atoms with Gasteiger partial charge in [-0.1, -0.05) is 6.07 Å². The van der Waals surface area contributed by atoms with Gasteiger partial charge in [0.25, 0.3) is 0 Å². The van der Waals surface area contributed by atoms with Gasteiger partial charge in [-0.05, 0) is 24.8 Å². The van der Waals surface area contributed by atoms with Gasteiger partial charge < -0.3 is 5.32 Å². The Kier molecular flexibility index (Phi) is 3.93. The van der Waals surface area contributed by atoms with Crippen molar-refractivity contribution >= 4 is 17.6 Å². The van der Waals surface area contributed by atoms with Gasteiger partial charge in [0.2, 0.25) is 0 Å². The largest absolute Gasteiger partial charge is 0.366 e. The molecule has 2 aromatic rings. The van der Waals surface area contributed by atoms with E-state index in [4.69, 9.17) is 0 Å². The van der Waals surface area contributed by atoms with Crippen LogP contribution in [0.1, 0.15) is 11.3 Å². The third-order valence-corrected chi connectivity index (χ3v) is 2.94. The summed E-state index contributed by atoms with van der Waals surface area (Å²) in [5.74, 6) is 0.838. The zero-order chi connectivity index (χ0) is 12.1. The molecule has 0 saturated heterocycles. The molecule has 0 atom stereocenters. The Bertz CT molecular complexity index is 484. The van der Waals surface area contributed by atoms with Gasteiger partial charge in [0.1, 0.15) is 17.2 Å². The molecule has 2 aromatic heterocycles. The van der Waals surface area contributed by atoms with Crippen LogP contribution in [-0.4, -0.2) is 21.2 Å². The number of rotatable bonds is 4. The fraction of sp³-hybridized carbons (Fsp3) is 0.250. The summed E-state index contributed by atoms with van der Waals surface area (Å²) in [4.78, 5) is 12.5. The number of aromatic nitrogens is 3. The Morgan fingerprint density at radius 3 is 2.82 bits per heavy atom. The molecule has 0 unspecified atom stereocenters. The van der Waals surface area contributed by atoms with E-state index in [2.05, 4.69) is 26.3 Å². The lowest BCUT2D eigenvalue weighted by Gasteiger charge is -2.06. The SMILES string of the molecule is CSc1cc(NCc2ccc(C)nc2)ncn1. The van der Waals surface area contributed by atoms with Crippen molar-refractivity contribution in [2.24, 2.45) is 0 Å². The number of thioether (sulfide) groups is 1. The Hall–Kier alpha value is -1.62. The molecule has 0 bridgehead atoms. The summed E-state index contributed by atoms with van der Waals surface area (Å²) < 4.78 is 0. The molecule has 0 spiro atoms. The molecule has 0 aliphatic carbocycles. The first-order valence-corrected chi connectivity index (χ1v) is 6.52. The third kappa shape index (κ3) is 3.42. The highest BCUT2D eigenvalue weighted by Crippen LogP contribution is 2.14. The number of hydrogen-bond acceptors (Lipinski definition) is 5. The number of anilines is 1. The Balaban J connectivity index is 1.99. The van der Waals surface area contributed by atoms with Gasteiger partial charge in [-0.15, -0.1) is 11.8 Å². The van der Waals surface area contributed by atoms with Gasteiger partial charge >= 0.3 is 0 Å². The molecule has 4 nitrogen and oxygen atoms in total. The molecular weight excluding hydrogens is 232 g/mol. The summed E-state index contributed by atoms with van der Waals surface area (Å²) >= 11 is 1.60. The Morgan fingerprint density at radius 2 is 2.12 bits per heavy atom. The van der Waals surface area contributed by atoms with E-state index in [-0.39, 0.29) is 0 Å². The molecular formula is C12H14N4S. The number of pyridine rings is 1. The highest BCUT2D eigenvalue weighted by Gasteiger charge is 1.98. The minimum atomic E-state index is 0.720. The Morgan fingerprint density at radius 1 is 1.24 bits per heavy atom. The van der Waals surface area contributed by atoms with Crippen LogP contribution in [0.3, 0.4) is 0 Å². The van der Waals surface area contributed by atoms with E-state index in [1.54, 1.807) is 18.1 Å². The number of hydrogen-bond donors (Lipinski definition) is 1. The van der Waals surface area contributed by atoms with Crippen LogP contribution in [0, 0.1) is 6.92 Å². The minimum Gasteiger partial charge on any atom is -0.366 e. The van der Waals surface area contributed by atoms with Gasteiger partial charge in [0.15, 0.2) is 0 Å². The summed E-state index contributed by atoms with van der Waals surface area (Å²) in [6.07, 6.45) is 5.44. The molecule has 88 valence electrons. The molecule has 0 aromatic carbocycles. The highest BCUT2D eigenvalue weighted by molar-refractivity contribution is 7.98. The Labute approximate surface area is 105 Å². The molecule has 0 saturated carbocycles. The average molecular weight is 246 g/mol. The van der Waals surface area contributed by atoms with Crippen LogP contribution in [0.5, 0.6) is 0 Å². The van der Waals surface area contributed by atoms with Gasteiger partial charge in [-0.2, -0.15) is 0 Å². The van der Waals surface area contributed by atoms with Crippen molar-refractivity contribution in [2.75, 3.05) is 11.6 Å². The molecule has 0 radical (unpaired) electrons. The van der Waals surface area contributed by atoms with Crippen molar-refractivity contribution in [3.8, 4) is 0 Å². The molecule has 17 heavy (non-hydrogen) atoms. The van der Waals surface area contributed by atoms with Crippen LogP contribution in [-0.2, 0) is 6.54 Å². The lowest BCUT2D eigenvalue weighted by molar-refractivity contribution is 1.01. The molecule has 0 amide bonds. The zero-order valence-corrected chi connectivity index (χ0v) is 10.7. The lowest BCUT2D eigenvalue weighted by atomic mass is 10.2. The first-order valence-electron chi connectivity index (χ1n) is 5.29. The summed E-state index contributed by atoms with van der Waals surface area (Å²) in [6, 6.07) is 6.00. The first-order chi connectivity index (χ1) is 8.28. The van der Waals surface area contributed by atoms with Crippen LogP contribution < -0.4 is 5.32 Å². The van der Waals surface area contributed by atoms with Gasteiger partial charge in [-0.25, -0.2) is 9.97 Å². The van der Waals surface area contributed by atoms with E-state index in [0.717, 1.165) is 28.6 Å². The summed E-state index contributed by atoms with van der Waals surface area (Å²) in [5.41, 5.74) is 2.17. The van der Waals surface area contributed by atoms with Crippen LogP contribution in [0.2, 0.25) is 0 Å². The molecule has 2 heterocycles. The van der Waals surface area contributed by atoms with E-state index in [1.165, 1.54) is 0 Å². The molecule has 0 aliphatic rings. The lowest BCUT2D eigenvalue weighted by Crippen LogP contribution is -2.02.